The van der Waals surface area contributed by atoms with Crippen molar-refractivity contribution in [1.82, 2.24) is 25.2 Å². The Labute approximate surface area is 122 Å². The van der Waals surface area contributed by atoms with Crippen molar-refractivity contribution < 1.29 is 9.59 Å². The van der Waals surface area contributed by atoms with E-state index in [1.54, 1.807) is 15.8 Å². The van der Waals surface area contributed by atoms with Crippen molar-refractivity contribution in [3.63, 3.8) is 0 Å². The minimum Gasteiger partial charge on any atom is -0.364 e. The molecule has 3 N–H and O–H groups in total. The molecule has 3 amide bonds. The molecule has 2 aliphatic rings. The van der Waals surface area contributed by atoms with Crippen molar-refractivity contribution >= 4 is 11.9 Å². The van der Waals surface area contributed by atoms with Crippen LogP contribution in [0.15, 0.2) is 6.20 Å². The molecule has 0 radical (unpaired) electrons. The summed E-state index contributed by atoms with van der Waals surface area (Å²) in [6, 6.07) is 0.295. The van der Waals surface area contributed by atoms with E-state index in [1.807, 2.05) is 0 Å². The largest absolute Gasteiger partial charge is 0.364 e. The van der Waals surface area contributed by atoms with Crippen LogP contribution >= 0.6 is 0 Å². The number of amides is 3. The van der Waals surface area contributed by atoms with Gasteiger partial charge in [-0.3, -0.25) is 4.79 Å². The smallest absolute Gasteiger partial charge is 0.317 e. The Morgan fingerprint density at radius 1 is 1.48 bits per heavy atom. The Balaban J connectivity index is 1.57. The molecular formula is C13H20N6O2. The highest BCUT2D eigenvalue weighted by Gasteiger charge is 2.47. The number of aromatic nitrogens is 3. The molecule has 2 heterocycles. The highest BCUT2D eigenvalue weighted by Crippen LogP contribution is 2.44. The molecule has 1 saturated carbocycles. The van der Waals surface area contributed by atoms with Crippen LogP contribution in [0.2, 0.25) is 0 Å². The van der Waals surface area contributed by atoms with Crippen LogP contribution in [-0.2, 0) is 0 Å². The fourth-order valence-corrected chi connectivity index (χ4v) is 2.66. The van der Waals surface area contributed by atoms with Gasteiger partial charge >= 0.3 is 6.03 Å². The Morgan fingerprint density at radius 3 is 2.76 bits per heavy atom. The van der Waals surface area contributed by atoms with Crippen molar-refractivity contribution in [3.8, 4) is 0 Å². The van der Waals surface area contributed by atoms with E-state index in [4.69, 9.17) is 5.73 Å². The first-order chi connectivity index (χ1) is 9.87. The molecule has 0 aromatic carbocycles. The van der Waals surface area contributed by atoms with E-state index in [9.17, 15) is 9.59 Å². The van der Waals surface area contributed by atoms with Crippen LogP contribution in [0.4, 0.5) is 4.79 Å². The number of likely N-dealkylation sites (tertiary alicyclic amines) is 1. The average molecular weight is 292 g/mol. The molecule has 2 fully saturated rings. The minimum absolute atomic E-state index is 0.0247. The number of carbonyl (C=O) groups is 2. The van der Waals surface area contributed by atoms with E-state index in [0.717, 1.165) is 12.8 Å². The van der Waals surface area contributed by atoms with E-state index in [2.05, 4.69) is 29.5 Å². The number of nitrogens with one attached hydrogen (secondary N) is 1. The van der Waals surface area contributed by atoms with Gasteiger partial charge in [-0.15, -0.1) is 5.10 Å². The number of hydrogen-bond acceptors (Lipinski definition) is 4. The molecule has 1 aliphatic heterocycles. The fraction of sp³-hybridized carbons (Fsp3) is 0.692. The van der Waals surface area contributed by atoms with Crippen LogP contribution in [0.25, 0.3) is 0 Å². The van der Waals surface area contributed by atoms with Gasteiger partial charge in [0.05, 0.1) is 12.2 Å². The first-order valence-electron chi connectivity index (χ1n) is 7.14. The SMILES string of the molecule is CC1(C)CC1NC(=O)N1CCC(n2cc(C(N)=O)nn2)C1. The van der Waals surface area contributed by atoms with E-state index in [0.29, 0.717) is 13.1 Å². The number of primary amides is 1. The third-order valence-corrected chi connectivity index (χ3v) is 4.40. The molecule has 3 rings (SSSR count). The zero-order valence-corrected chi connectivity index (χ0v) is 12.2. The van der Waals surface area contributed by atoms with Crippen LogP contribution in [-0.4, -0.2) is 51.0 Å². The Morgan fingerprint density at radius 2 is 2.19 bits per heavy atom. The summed E-state index contributed by atoms with van der Waals surface area (Å²) < 4.78 is 1.62. The van der Waals surface area contributed by atoms with Gasteiger partial charge in [-0.1, -0.05) is 19.1 Å². The number of urea groups is 1. The van der Waals surface area contributed by atoms with E-state index >= 15 is 0 Å². The van der Waals surface area contributed by atoms with Crippen molar-refractivity contribution in [2.24, 2.45) is 11.1 Å². The molecule has 1 aromatic rings. The molecule has 8 nitrogen and oxygen atoms in total. The molecule has 8 heteroatoms. The maximum absolute atomic E-state index is 12.2. The standard InChI is InChI=1S/C13H20N6O2/c1-13(2)5-10(13)15-12(21)18-4-3-8(6-18)19-7-9(11(14)20)16-17-19/h7-8,10H,3-6H2,1-2H3,(H2,14,20)(H,15,21). The predicted octanol–water partition coefficient (Wildman–Crippen LogP) is 0.132. The second-order valence-corrected chi connectivity index (χ2v) is 6.53. The summed E-state index contributed by atoms with van der Waals surface area (Å²) >= 11 is 0. The van der Waals surface area contributed by atoms with Gasteiger partial charge in [0.2, 0.25) is 0 Å². The number of nitrogens with two attached hydrogens (primary N) is 1. The molecule has 0 bridgehead atoms. The molecule has 114 valence electrons. The number of carbonyl (C=O) groups excluding carboxylic acids is 2. The summed E-state index contributed by atoms with van der Waals surface area (Å²) in [7, 11) is 0. The van der Waals surface area contributed by atoms with Crippen LogP contribution in [0.1, 0.15) is 43.2 Å². The summed E-state index contributed by atoms with van der Waals surface area (Å²) in [5.41, 5.74) is 5.53. The summed E-state index contributed by atoms with van der Waals surface area (Å²) in [5.74, 6) is -0.593. The predicted molar refractivity (Wildman–Crippen MR) is 74.5 cm³/mol. The molecule has 1 aliphatic carbocycles. The second kappa shape index (κ2) is 4.71. The van der Waals surface area contributed by atoms with Crippen LogP contribution in [0.3, 0.4) is 0 Å². The molecule has 2 atom stereocenters. The third-order valence-electron chi connectivity index (χ3n) is 4.40. The second-order valence-electron chi connectivity index (χ2n) is 6.53. The van der Waals surface area contributed by atoms with Crippen LogP contribution in [0, 0.1) is 5.41 Å². The summed E-state index contributed by atoms with van der Waals surface area (Å²) in [4.78, 5) is 25.0. The van der Waals surface area contributed by atoms with E-state index in [-0.39, 0.29) is 29.2 Å². The Kier molecular flexibility index (Phi) is 3.11. The van der Waals surface area contributed by atoms with Crippen molar-refractivity contribution in [2.45, 2.75) is 38.8 Å². The van der Waals surface area contributed by atoms with Gasteiger partial charge in [0.25, 0.3) is 5.91 Å². The van der Waals surface area contributed by atoms with Crippen molar-refractivity contribution in [2.75, 3.05) is 13.1 Å². The normalized spacial score (nSPS) is 26.7. The van der Waals surface area contributed by atoms with Gasteiger partial charge in [-0.05, 0) is 18.3 Å². The monoisotopic (exact) mass is 292 g/mol. The van der Waals surface area contributed by atoms with Gasteiger partial charge in [0.1, 0.15) is 0 Å². The Hall–Kier alpha value is -2.12. The molecule has 1 aromatic heterocycles. The number of hydrogen-bond donors (Lipinski definition) is 2. The first-order valence-corrected chi connectivity index (χ1v) is 7.14. The number of rotatable bonds is 3. The van der Waals surface area contributed by atoms with E-state index < -0.39 is 5.91 Å². The van der Waals surface area contributed by atoms with Gasteiger partial charge in [0.15, 0.2) is 5.69 Å². The zero-order valence-electron chi connectivity index (χ0n) is 12.2. The lowest BCUT2D eigenvalue weighted by Crippen LogP contribution is -2.40. The zero-order chi connectivity index (χ0) is 15.2. The quantitative estimate of drug-likeness (QED) is 0.826. The van der Waals surface area contributed by atoms with Gasteiger partial charge in [-0.25, -0.2) is 9.48 Å². The molecule has 1 saturated heterocycles. The van der Waals surface area contributed by atoms with Crippen LogP contribution in [0.5, 0.6) is 0 Å². The third kappa shape index (κ3) is 2.70. The van der Waals surface area contributed by atoms with E-state index in [1.165, 1.54) is 0 Å². The molecular weight excluding hydrogens is 272 g/mol. The minimum atomic E-state index is -0.593. The van der Waals surface area contributed by atoms with Gasteiger partial charge in [0, 0.05) is 19.1 Å². The van der Waals surface area contributed by atoms with Crippen LogP contribution < -0.4 is 11.1 Å². The first kappa shape index (κ1) is 13.8. The highest BCUT2D eigenvalue weighted by atomic mass is 16.2. The highest BCUT2D eigenvalue weighted by molar-refractivity contribution is 5.90. The van der Waals surface area contributed by atoms with Crippen molar-refractivity contribution in [1.29, 1.82) is 0 Å². The number of nitrogens with zero attached hydrogens (tertiary/aromatic N) is 4. The summed E-state index contributed by atoms with van der Waals surface area (Å²) in [5, 5.41) is 10.7. The maximum Gasteiger partial charge on any atom is 0.317 e. The van der Waals surface area contributed by atoms with Gasteiger partial charge < -0.3 is 16.0 Å². The summed E-state index contributed by atoms with van der Waals surface area (Å²) in [6.45, 7) is 5.53. The topological polar surface area (TPSA) is 106 Å². The molecule has 2 unspecified atom stereocenters. The average Bonchev–Trinajstić information content (AvgIpc) is 2.89. The lowest BCUT2D eigenvalue weighted by Gasteiger charge is -2.18. The summed E-state index contributed by atoms with van der Waals surface area (Å²) in [6.07, 6.45) is 3.36. The lowest BCUT2D eigenvalue weighted by molar-refractivity contribution is 0.0995. The van der Waals surface area contributed by atoms with Crippen molar-refractivity contribution in [3.05, 3.63) is 11.9 Å². The molecule has 21 heavy (non-hydrogen) atoms. The van der Waals surface area contributed by atoms with Gasteiger partial charge in [-0.2, -0.15) is 0 Å². The lowest BCUT2D eigenvalue weighted by atomic mass is 10.2. The Bertz CT molecular complexity index is 581. The fourth-order valence-electron chi connectivity index (χ4n) is 2.66. The maximum atomic E-state index is 12.2. The molecule has 0 spiro atoms.